The van der Waals surface area contributed by atoms with Crippen LogP contribution in [0.4, 0.5) is 4.39 Å². The third-order valence-electron chi connectivity index (χ3n) is 7.02. The van der Waals surface area contributed by atoms with E-state index in [0.29, 0.717) is 27.3 Å². The summed E-state index contributed by atoms with van der Waals surface area (Å²) in [7, 11) is 1.56. The maximum Gasteiger partial charge on any atom is 0.210 e. The van der Waals surface area contributed by atoms with Crippen molar-refractivity contribution < 1.29 is 14.2 Å². The second-order valence-electron chi connectivity index (χ2n) is 10.2. The number of benzene rings is 2. The molecular formula is C26H31FN2O2S. The van der Waals surface area contributed by atoms with Gasteiger partial charge in [-0.1, -0.05) is 39.8 Å². The highest BCUT2D eigenvalue weighted by Crippen LogP contribution is 2.48. The van der Waals surface area contributed by atoms with Crippen molar-refractivity contribution in [3.63, 3.8) is 0 Å². The number of aromatic amines is 2. The fraction of sp³-hybridized carbons (Fsp3) is 0.423. The zero-order valence-corrected chi connectivity index (χ0v) is 20.4. The Morgan fingerprint density at radius 1 is 1.06 bits per heavy atom. The molecule has 0 amide bonds. The van der Waals surface area contributed by atoms with Gasteiger partial charge in [0.05, 0.1) is 18.4 Å². The number of hydrogen-bond donors (Lipinski definition) is 3. The van der Waals surface area contributed by atoms with E-state index in [1.165, 1.54) is 11.1 Å². The maximum absolute atomic E-state index is 16.0. The lowest BCUT2D eigenvalue weighted by molar-refractivity contribution is 0.332. The Hall–Kier alpha value is -2.60. The highest BCUT2D eigenvalue weighted by atomic mass is 32.1. The van der Waals surface area contributed by atoms with E-state index in [0.717, 1.165) is 24.0 Å². The summed E-state index contributed by atoms with van der Waals surface area (Å²) < 4.78 is 21.9. The van der Waals surface area contributed by atoms with Crippen LogP contribution in [-0.2, 0) is 17.3 Å². The number of rotatable bonds is 4. The average molecular weight is 455 g/mol. The van der Waals surface area contributed by atoms with Gasteiger partial charge >= 0.3 is 0 Å². The van der Waals surface area contributed by atoms with Gasteiger partial charge in [-0.25, -0.2) is 4.39 Å². The van der Waals surface area contributed by atoms with Gasteiger partial charge < -0.3 is 19.8 Å². The quantitative estimate of drug-likeness (QED) is 0.378. The van der Waals surface area contributed by atoms with Gasteiger partial charge in [-0.05, 0) is 82.8 Å². The van der Waals surface area contributed by atoms with E-state index >= 15 is 4.39 Å². The molecule has 170 valence electrons. The molecule has 0 saturated carbocycles. The second-order valence-corrected chi connectivity index (χ2v) is 10.6. The summed E-state index contributed by atoms with van der Waals surface area (Å²) in [5.41, 5.74) is 5.95. The van der Waals surface area contributed by atoms with Crippen LogP contribution in [0.1, 0.15) is 68.5 Å². The van der Waals surface area contributed by atoms with Gasteiger partial charge in [0.25, 0.3) is 0 Å². The Morgan fingerprint density at radius 2 is 1.69 bits per heavy atom. The summed E-state index contributed by atoms with van der Waals surface area (Å²) in [5.74, 6) is 0.0781. The Balaban J connectivity index is 1.91. The number of aryl methyl sites for hydroxylation is 1. The summed E-state index contributed by atoms with van der Waals surface area (Å²) in [6.45, 7) is 11.1. The minimum absolute atomic E-state index is 0.0142. The molecule has 32 heavy (non-hydrogen) atoms. The summed E-state index contributed by atoms with van der Waals surface area (Å²) in [4.78, 5) is 5.53. The molecule has 6 heteroatoms. The smallest absolute Gasteiger partial charge is 0.210 e. The lowest BCUT2D eigenvalue weighted by Crippen LogP contribution is -2.34. The Kier molecular flexibility index (Phi) is 5.48. The van der Waals surface area contributed by atoms with Crippen LogP contribution in [0.2, 0.25) is 0 Å². The molecule has 0 aliphatic heterocycles. The highest BCUT2D eigenvalue weighted by molar-refractivity contribution is 7.71. The standard InChI is InChI=1S/C26H31FN2O2S/c1-14-11-17-18(26(4,5)10-9-25(17,2)3)13-16(14)21-20(31-6)8-7-15(22(21)27)12-19-23(30)29-24(32)28-19/h7-8,11,13,30H,9-10,12H2,1-6H3,(H2,28,29,32). The Bertz CT molecular complexity index is 1250. The van der Waals surface area contributed by atoms with Gasteiger partial charge in [-0.2, -0.15) is 0 Å². The molecule has 0 fully saturated rings. The molecule has 1 aliphatic carbocycles. The number of imidazole rings is 1. The van der Waals surface area contributed by atoms with Crippen molar-refractivity contribution in [3.05, 3.63) is 62.8 Å². The van der Waals surface area contributed by atoms with Gasteiger partial charge in [0, 0.05) is 6.42 Å². The van der Waals surface area contributed by atoms with Crippen LogP contribution in [0.5, 0.6) is 11.6 Å². The van der Waals surface area contributed by atoms with Gasteiger partial charge in [-0.3, -0.25) is 0 Å². The number of hydrogen-bond acceptors (Lipinski definition) is 3. The van der Waals surface area contributed by atoms with Crippen molar-refractivity contribution in [2.24, 2.45) is 0 Å². The minimum atomic E-state index is -0.347. The van der Waals surface area contributed by atoms with Crippen LogP contribution in [0.15, 0.2) is 24.3 Å². The predicted octanol–water partition coefficient (Wildman–Crippen LogP) is 6.84. The van der Waals surface area contributed by atoms with Crippen LogP contribution in [0, 0.1) is 17.5 Å². The lowest BCUT2D eigenvalue weighted by Gasteiger charge is -2.42. The molecule has 0 atom stereocenters. The molecule has 0 radical (unpaired) electrons. The van der Waals surface area contributed by atoms with E-state index in [2.05, 4.69) is 49.8 Å². The largest absolute Gasteiger partial charge is 0.496 e. The van der Waals surface area contributed by atoms with E-state index in [-0.39, 0.29) is 28.9 Å². The molecule has 3 N–H and O–H groups in total. The number of aromatic nitrogens is 2. The topological polar surface area (TPSA) is 61.0 Å². The molecule has 0 unspecified atom stereocenters. The molecule has 1 aromatic heterocycles. The van der Waals surface area contributed by atoms with Crippen molar-refractivity contribution in [1.82, 2.24) is 9.97 Å². The van der Waals surface area contributed by atoms with Crippen LogP contribution < -0.4 is 4.74 Å². The number of fused-ring (bicyclic) bond motifs is 1. The first kappa shape index (κ1) is 22.6. The zero-order valence-electron chi connectivity index (χ0n) is 19.6. The molecule has 3 aromatic rings. The van der Waals surface area contributed by atoms with E-state index in [9.17, 15) is 5.11 Å². The van der Waals surface area contributed by atoms with Gasteiger partial charge in [0.2, 0.25) is 5.88 Å². The van der Waals surface area contributed by atoms with Crippen LogP contribution >= 0.6 is 12.2 Å². The van der Waals surface area contributed by atoms with Crippen LogP contribution in [0.25, 0.3) is 11.1 Å². The van der Waals surface area contributed by atoms with Crippen LogP contribution in [0.3, 0.4) is 0 Å². The molecular weight excluding hydrogens is 423 g/mol. The van der Waals surface area contributed by atoms with Gasteiger partial charge in [0.1, 0.15) is 11.6 Å². The van der Waals surface area contributed by atoms with Gasteiger partial charge in [-0.15, -0.1) is 0 Å². The molecule has 4 rings (SSSR count). The lowest BCUT2D eigenvalue weighted by atomic mass is 9.62. The number of H-pyrrole nitrogens is 2. The number of ether oxygens (including phenoxy) is 1. The molecule has 2 aromatic carbocycles. The van der Waals surface area contributed by atoms with Crippen LogP contribution in [-0.4, -0.2) is 22.2 Å². The summed E-state index contributed by atoms with van der Waals surface area (Å²) in [6, 6.07) is 7.88. The summed E-state index contributed by atoms with van der Waals surface area (Å²) in [6.07, 6.45) is 2.39. The van der Waals surface area contributed by atoms with E-state index in [4.69, 9.17) is 17.0 Å². The van der Waals surface area contributed by atoms with Crippen molar-refractivity contribution in [1.29, 1.82) is 0 Å². The van der Waals surface area contributed by atoms with Crippen molar-refractivity contribution in [3.8, 4) is 22.8 Å². The normalized spacial score (nSPS) is 16.6. The maximum atomic E-state index is 16.0. The molecule has 0 bridgehead atoms. The molecule has 4 nitrogen and oxygen atoms in total. The fourth-order valence-electron chi connectivity index (χ4n) is 4.88. The van der Waals surface area contributed by atoms with Gasteiger partial charge in [0.15, 0.2) is 4.77 Å². The first-order valence-electron chi connectivity index (χ1n) is 11.0. The monoisotopic (exact) mass is 454 g/mol. The van der Waals surface area contributed by atoms with E-state index in [1.807, 2.05) is 6.92 Å². The van der Waals surface area contributed by atoms with E-state index < -0.39 is 0 Å². The number of methoxy groups -OCH3 is 1. The number of nitrogens with one attached hydrogen (secondary N) is 2. The third-order valence-corrected chi connectivity index (χ3v) is 7.22. The third kappa shape index (κ3) is 3.75. The van der Waals surface area contributed by atoms with Crippen molar-refractivity contribution in [2.75, 3.05) is 7.11 Å². The Labute approximate surface area is 193 Å². The summed E-state index contributed by atoms with van der Waals surface area (Å²) >= 11 is 5.04. The SMILES string of the molecule is COc1ccc(Cc2[nH]c(=S)[nH]c2O)c(F)c1-c1cc2c(cc1C)C(C)(C)CCC2(C)C. The molecule has 1 aliphatic rings. The average Bonchev–Trinajstić information content (AvgIpc) is 3.04. The van der Waals surface area contributed by atoms with Crippen molar-refractivity contribution in [2.45, 2.75) is 64.7 Å². The number of halogens is 1. The van der Waals surface area contributed by atoms with E-state index in [1.54, 1.807) is 19.2 Å². The first-order chi connectivity index (χ1) is 14.9. The number of aromatic hydroxyl groups is 1. The first-order valence-corrected chi connectivity index (χ1v) is 11.4. The predicted molar refractivity (Wildman–Crippen MR) is 129 cm³/mol. The molecule has 1 heterocycles. The summed E-state index contributed by atoms with van der Waals surface area (Å²) in [5, 5.41) is 10.1. The zero-order chi connectivity index (χ0) is 23.4. The second kappa shape index (κ2) is 7.77. The van der Waals surface area contributed by atoms with Crippen molar-refractivity contribution >= 4 is 12.2 Å². The molecule has 0 saturated heterocycles. The minimum Gasteiger partial charge on any atom is -0.496 e. The molecule has 0 spiro atoms. The highest BCUT2D eigenvalue weighted by Gasteiger charge is 2.38. The Morgan fingerprint density at radius 3 is 2.25 bits per heavy atom. The fourth-order valence-corrected chi connectivity index (χ4v) is 5.10.